The maximum absolute atomic E-state index is 15.4. The van der Waals surface area contributed by atoms with Crippen LogP contribution in [0.15, 0.2) is 53.1 Å². The van der Waals surface area contributed by atoms with Gasteiger partial charge < -0.3 is 44.0 Å². The van der Waals surface area contributed by atoms with Gasteiger partial charge in [-0.25, -0.2) is 14.4 Å². The molecule has 4 aliphatic carbocycles. The Morgan fingerprint density at radius 1 is 0.966 bits per heavy atom. The summed E-state index contributed by atoms with van der Waals surface area (Å²) in [5, 5.41) is 27.5. The predicted molar refractivity (Wildman–Crippen MR) is 204 cm³/mol. The normalized spacial score (nSPS) is 34.0. The Morgan fingerprint density at radius 3 is 2.17 bits per heavy atom. The van der Waals surface area contributed by atoms with Gasteiger partial charge in [-0.1, -0.05) is 43.7 Å². The summed E-state index contributed by atoms with van der Waals surface area (Å²) < 4.78 is 35.8. The number of hydrogen-bond acceptors (Lipinski definition) is 14. The molecule has 1 amide bonds. The van der Waals surface area contributed by atoms with Crippen molar-refractivity contribution in [2.75, 3.05) is 6.61 Å². The lowest BCUT2D eigenvalue weighted by molar-refractivity contribution is -0.323. The summed E-state index contributed by atoms with van der Waals surface area (Å²) in [4.78, 5) is 82.2. The van der Waals surface area contributed by atoms with Crippen LogP contribution in [0.25, 0.3) is 0 Å². The molecule has 4 fully saturated rings. The molecular weight excluding hydrogens is 754 g/mol. The molecule has 1 spiro atoms. The van der Waals surface area contributed by atoms with Gasteiger partial charge in [-0.15, -0.1) is 0 Å². The number of fused-ring (bicyclic) bond motifs is 4. The number of esters is 4. The van der Waals surface area contributed by atoms with Crippen molar-refractivity contribution in [1.82, 2.24) is 5.32 Å². The van der Waals surface area contributed by atoms with E-state index in [9.17, 15) is 34.2 Å². The van der Waals surface area contributed by atoms with Crippen LogP contribution in [0, 0.1) is 22.7 Å². The number of aliphatic hydroxyl groups is 2. The molecule has 15 nitrogen and oxygen atoms in total. The van der Waals surface area contributed by atoms with E-state index in [4.69, 9.17) is 28.4 Å². The molecule has 2 bridgehead atoms. The zero-order valence-corrected chi connectivity index (χ0v) is 34.7. The third-order valence-electron chi connectivity index (χ3n) is 12.6. The highest BCUT2D eigenvalue weighted by Crippen LogP contribution is 2.74. The molecule has 3 saturated carbocycles. The minimum atomic E-state index is -2.23. The summed E-state index contributed by atoms with van der Waals surface area (Å²) in [5.41, 5.74) is -6.41. The second-order valence-electron chi connectivity index (χ2n) is 18.2. The Labute approximate surface area is 337 Å². The summed E-state index contributed by atoms with van der Waals surface area (Å²) in [6, 6.07) is 6.76. The average molecular weight is 810 g/mol. The van der Waals surface area contributed by atoms with E-state index in [1.165, 1.54) is 25.1 Å². The lowest BCUT2D eigenvalue weighted by Crippen LogP contribution is -2.78. The zero-order chi connectivity index (χ0) is 42.9. The highest BCUT2D eigenvalue weighted by molar-refractivity contribution is 5.97. The smallest absolute Gasteiger partial charge is 0.408 e. The molecule has 0 radical (unpaired) electrons. The largest absolute Gasteiger partial charge is 0.456 e. The second kappa shape index (κ2) is 14.9. The Balaban J connectivity index is 1.51. The zero-order valence-electron chi connectivity index (χ0n) is 34.7. The summed E-state index contributed by atoms with van der Waals surface area (Å²) in [5.74, 6) is -5.60. The van der Waals surface area contributed by atoms with E-state index in [0.717, 1.165) is 6.92 Å². The summed E-state index contributed by atoms with van der Waals surface area (Å²) in [6.07, 6.45) is -6.60. The van der Waals surface area contributed by atoms with Crippen LogP contribution >= 0.6 is 0 Å². The van der Waals surface area contributed by atoms with Gasteiger partial charge in [0, 0.05) is 31.1 Å². The first-order chi connectivity index (χ1) is 26.9. The van der Waals surface area contributed by atoms with E-state index < -0.39 is 112 Å². The number of carbonyl (C=O) groups excluding carboxylic acids is 6. The van der Waals surface area contributed by atoms with Crippen molar-refractivity contribution >= 4 is 35.8 Å². The number of benzene rings is 1. The maximum atomic E-state index is 15.4. The quantitative estimate of drug-likeness (QED) is 0.183. The van der Waals surface area contributed by atoms with Crippen LogP contribution in [0.4, 0.5) is 4.79 Å². The van der Waals surface area contributed by atoms with E-state index in [-0.39, 0.29) is 35.7 Å². The molecule has 1 aliphatic heterocycles. The first-order valence-electron chi connectivity index (χ1n) is 19.6. The van der Waals surface area contributed by atoms with Gasteiger partial charge in [-0.2, -0.15) is 0 Å². The van der Waals surface area contributed by atoms with Crippen molar-refractivity contribution in [3.63, 3.8) is 0 Å². The number of Topliss-reactive ketones (excluding diaryl/α,β-unsaturated/α-hetero) is 1. The number of carbonyl (C=O) groups is 6. The molecule has 11 atom stereocenters. The number of aliphatic hydroxyl groups excluding tert-OH is 1. The van der Waals surface area contributed by atoms with E-state index in [0.29, 0.717) is 12.0 Å². The van der Waals surface area contributed by atoms with Crippen molar-refractivity contribution < 1.29 is 67.4 Å². The second-order valence-corrected chi connectivity index (χ2v) is 18.2. The first-order valence-corrected chi connectivity index (χ1v) is 19.6. The van der Waals surface area contributed by atoms with Crippen molar-refractivity contribution in [1.29, 1.82) is 0 Å². The Kier molecular flexibility index (Phi) is 11.0. The molecule has 3 N–H and O–H groups in total. The van der Waals surface area contributed by atoms with Gasteiger partial charge in [0.1, 0.15) is 29.5 Å². The van der Waals surface area contributed by atoms with Crippen LogP contribution in [0.3, 0.4) is 0 Å². The fourth-order valence-electron chi connectivity index (χ4n) is 10.00. The Bertz CT molecular complexity index is 1940. The number of nitrogens with one attached hydrogen (secondary N) is 1. The molecule has 1 aromatic carbocycles. The van der Waals surface area contributed by atoms with Crippen molar-refractivity contribution in [2.45, 2.75) is 142 Å². The number of alkyl carbamates (subject to hydrolysis) is 1. The van der Waals surface area contributed by atoms with Crippen molar-refractivity contribution in [3.8, 4) is 0 Å². The van der Waals surface area contributed by atoms with Crippen LogP contribution in [0.2, 0.25) is 0 Å². The molecule has 0 aromatic heterocycles. The number of ether oxygens (including phenoxy) is 6. The van der Waals surface area contributed by atoms with E-state index in [1.807, 2.05) is 0 Å². The predicted octanol–water partition coefficient (Wildman–Crippen LogP) is 4.06. The van der Waals surface area contributed by atoms with Gasteiger partial charge in [0.2, 0.25) is 0 Å². The van der Waals surface area contributed by atoms with E-state index >= 15 is 4.79 Å². The summed E-state index contributed by atoms with van der Waals surface area (Å²) in [6.45, 7) is 15.4. The molecule has 0 unspecified atom stereocenters. The summed E-state index contributed by atoms with van der Waals surface area (Å²) in [7, 11) is 0. The Morgan fingerprint density at radius 2 is 1.62 bits per heavy atom. The fourth-order valence-corrected chi connectivity index (χ4v) is 10.00. The molecule has 1 saturated heterocycles. The molecule has 1 heterocycles. The minimum Gasteiger partial charge on any atom is -0.456 e. The lowest BCUT2D eigenvalue weighted by atomic mass is 9.48. The topological polar surface area (TPSA) is 210 Å². The fraction of sp³-hybridized carbons (Fsp3) is 0.628. The molecule has 316 valence electrons. The molecule has 6 rings (SSSR count). The number of ketones is 1. The minimum absolute atomic E-state index is 0.134. The number of amides is 1. The van der Waals surface area contributed by atoms with Crippen LogP contribution in [0.1, 0.15) is 98.9 Å². The van der Waals surface area contributed by atoms with Gasteiger partial charge in [0.25, 0.3) is 0 Å². The molecule has 1 aromatic rings. The van der Waals surface area contributed by atoms with Crippen LogP contribution in [0.5, 0.6) is 0 Å². The van der Waals surface area contributed by atoms with Gasteiger partial charge in [-0.05, 0) is 83.6 Å². The third-order valence-corrected chi connectivity index (χ3v) is 12.6. The summed E-state index contributed by atoms with van der Waals surface area (Å²) >= 11 is 0. The SMILES string of the molecule is CC(=O)O[C@H]1C(=O)[C@]23C[C@H]2C[C@H]2OC[C@@]2(OC(C)=O)[C@H]3[C@H](OC(=O)c2ccccc2)[C@]2(O)C[C@H](OC(=O)[C@H](O)[C@H](C=C(C)C)NC(=O)OC(C)(C)C)C(C)=C1C2(C)C. The van der Waals surface area contributed by atoms with E-state index in [1.54, 1.807) is 73.6 Å². The highest BCUT2D eigenvalue weighted by Gasteiger charge is 2.84. The standard InChI is InChI=1S/C43H55NO14/c1-21(2)16-27(44-38(51)58-39(6,7)8)31(47)37(50)55-28-19-43(52)35(56-36(49)25-14-12-11-13-15-25)33-41(18-26(41)17-29-42(33,20-53-29)57-24(5)46)34(48)32(54-23(4)45)30(22(28)3)40(43,9)10/h11-16,26-29,31-33,35,47,52H,17-20H2,1-10H3,(H,44,51)/t26-,27+,28+,29-,31-,32-,33+,35+,41-,42+,43-/m1/s1. The van der Waals surface area contributed by atoms with Gasteiger partial charge in [0.15, 0.2) is 23.6 Å². The van der Waals surface area contributed by atoms with Crippen LogP contribution < -0.4 is 5.32 Å². The number of rotatable bonds is 9. The van der Waals surface area contributed by atoms with Crippen molar-refractivity contribution in [3.05, 3.63) is 58.7 Å². The van der Waals surface area contributed by atoms with Crippen LogP contribution in [-0.2, 0) is 47.6 Å². The molecule has 5 aliphatic rings. The van der Waals surface area contributed by atoms with Crippen LogP contribution in [-0.4, -0.2) is 106 Å². The maximum Gasteiger partial charge on any atom is 0.408 e. The average Bonchev–Trinajstić information content (AvgIpc) is 3.83. The van der Waals surface area contributed by atoms with Gasteiger partial charge in [0.05, 0.1) is 24.1 Å². The highest BCUT2D eigenvalue weighted by atomic mass is 16.6. The number of hydrogen-bond donors (Lipinski definition) is 3. The number of allylic oxidation sites excluding steroid dienone is 1. The first kappa shape index (κ1) is 43.0. The Hall–Kier alpha value is -4.60. The lowest BCUT2D eigenvalue weighted by Gasteiger charge is -2.64. The molecule has 15 heteroatoms. The molecule has 58 heavy (non-hydrogen) atoms. The van der Waals surface area contributed by atoms with E-state index in [2.05, 4.69) is 5.32 Å². The van der Waals surface area contributed by atoms with Gasteiger partial charge >= 0.3 is 30.0 Å². The molecular formula is C43H55NO14. The van der Waals surface area contributed by atoms with Crippen molar-refractivity contribution in [2.24, 2.45) is 22.7 Å². The monoisotopic (exact) mass is 809 g/mol. The third kappa shape index (κ3) is 7.23. The van der Waals surface area contributed by atoms with Gasteiger partial charge in [-0.3, -0.25) is 14.4 Å².